The Morgan fingerprint density at radius 2 is 2.27 bits per heavy atom. The second kappa shape index (κ2) is 5.35. The minimum atomic E-state index is 0.544. The zero-order chi connectivity index (χ0) is 11.3. The molecule has 0 spiro atoms. The maximum Gasteiger partial charge on any atom is 0.155 e. The smallest absolute Gasteiger partial charge is 0.155 e. The minimum absolute atomic E-state index is 0.544. The third-order valence-electron chi connectivity index (χ3n) is 1.96. The lowest BCUT2D eigenvalue weighted by molar-refractivity contribution is 0.337. The van der Waals surface area contributed by atoms with Gasteiger partial charge in [-0.2, -0.15) is 5.26 Å². The van der Waals surface area contributed by atoms with Gasteiger partial charge in [0.15, 0.2) is 5.75 Å². The van der Waals surface area contributed by atoms with E-state index in [-0.39, 0.29) is 0 Å². The third kappa shape index (κ3) is 3.25. The van der Waals surface area contributed by atoms with Crippen molar-refractivity contribution in [1.29, 1.82) is 5.26 Å². The topological polar surface area (TPSA) is 45.9 Å². The predicted molar refractivity (Wildman–Crippen MR) is 58.7 cm³/mol. The second-order valence-corrected chi connectivity index (χ2v) is 3.81. The van der Waals surface area contributed by atoms with Gasteiger partial charge in [0, 0.05) is 5.69 Å². The van der Waals surface area contributed by atoms with Crippen molar-refractivity contribution in [3.8, 4) is 11.8 Å². The van der Waals surface area contributed by atoms with E-state index in [1.54, 1.807) is 6.20 Å². The number of nitriles is 1. The van der Waals surface area contributed by atoms with Crippen LogP contribution < -0.4 is 4.74 Å². The number of nitrogens with zero attached hydrogens (tertiary/aromatic N) is 2. The van der Waals surface area contributed by atoms with Crippen LogP contribution in [0.15, 0.2) is 12.3 Å². The van der Waals surface area contributed by atoms with E-state index in [2.05, 4.69) is 24.9 Å². The highest BCUT2D eigenvalue weighted by Crippen LogP contribution is 2.18. The van der Waals surface area contributed by atoms with Crippen molar-refractivity contribution in [3.05, 3.63) is 23.5 Å². The van der Waals surface area contributed by atoms with Gasteiger partial charge in [0.05, 0.1) is 18.4 Å². The Hall–Kier alpha value is -1.56. The van der Waals surface area contributed by atoms with E-state index >= 15 is 0 Å². The quantitative estimate of drug-likeness (QED) is 0.757. The predicted octanol–water partition coefficient (Wildman–Crippen LogP) is 2.55. The minimum Gasteiger partial charge on any atom is -0.491 e. The average Bonchev–Trinajstić information content (AvgIpc) is 2.20. The van der Waals surface area contributed by atoms with Crippen LogP contribution in [0.2, 0.25) is 0 Å². The molecular weight excluding hydrogens is 188 g/mol. The van der Waals surface area contributed by atoms with Crippen molar-refractivity contribution in [3.63, 3.8) is 0 Å². The molecule has 0 atom stereocenters. The number of pyridine rings is 1. The molecule has 3 heteroatoms. The highest BCUT2D eigenvalue weighted by atomic mass is 16.5. The van der Waals surface area contributed by atoms with Gasteiger partial charge in [0.1, 0.15) is 6.07 Å². The van der Waals surface area contributed by atoms with Crippen LogP contribution >= 0.6 is 0 Å². The summed E-state index contributed by atoms with van der Waals surface area (Å²) < 4.78 is 5.30. The summed E-state index contributed by atoms with van der Waals surface area (Å²) in [6.45, 7) is 6.71. The summed E-state index contributed by atoms with van der Waals surface area (Å²) in [5.41, 5.74) is 1.52. The number of aromatic nitrogens is 1. The first kappa shape index (κ1) is 11.5. The summed E-state index contributed by atoms with van der Waals surface area (Å²) >= 11 is 0. The Kier molecular flexibility index (Phi) is 4.11. The zero-order valence-electron chi connectivity index (χ0n) is 9.45. The van der Waals surface area contributed by atoms with Crippen LogP contribution in [-0.4, -0.2) is 11.6 Å². The first-order valence-electron chi connectivity index (χ1n) is 5.19. The van der Waals surface area contributed by atoms with Gasteiger partial charge in [0.25, 0.3) is 0 Å². The molecule has 0 aliphatic carbocycles. The molecule has 1 aromatic heterocycles. The Balaban J connectivity index is 2.93. The summed E-state index contributed by atoms with van der Waals surface area (Å²) in [6.07, 6.45) is 2.53. The van der Waals surface area contributed by atoms with Crippen molar-refractivity contribution in [2.75, 3.05) is 6.61 Å². The Bertz CT molecular complexity index is 366. The monoisotopic (exact) mass is 204 g/mol. The average molecular weight is 204 g/mol. The zero-order valence-corrected chi connectivity index (χ0v) is 9.45. The summed E-state index contributed by atoms with van der Waals surface area (Å²) in [5.74, 6) is 1.12. The van der Waals surface area contributed by atoms with Crippen molar-refractivity contribution < 1.29 is 4.74 Å². The molecule has 0 unspecified atom stereocenters. The summed E-state index contributed by atoms with van der Waals surface area (Å²) in [6, 6.07) is 3.94. The molecule has 0 fully saturated rings. The summed E-state index contributed by atoms with van der Waals surface area (Å²) in [5, 5.41) is 8.95. The molecule has 3 nitrogen and oxygen atoms in total. The molecule has 0 aromatic carbocycles. The van der Waals surface area contributed by atoms with E-state index in [4.69, 9.17) is 10.00 Å². The van der Waals surface area contributed by atoms with E-state index < -0.39 is 0 Å². The maximum absolute atomic E-state index is 8.95. The fraction of sp³-hybridized carbons (Fsp3) is 0.500. The van der Waals surface area contributed by atoms with Gasteiger partial charge in [-0.05, 0) is 25.3 Å². The molecule has 0 N–H and O–H groups in total. The van der Waals surface area contributed by atoms with Gasteiger partial charge in [-0.3, -0.25) is 4.98 Å². The van der Waals surface area contributed by atoms with E-state index in [9.17, 15) is 0 Å². The number of hydrogen-bond acceptors (Lipinski definition) is 3. The van der Waals surface area contributed by atoms with Crippen LogP contribution in [0.1, 0.15) is 32.0 Å². The molecule has 0 saturated carbocycles. The molecule has 1 aromatic rings. The van der Waals surface area contributed by atoms with Crippen molar-refractivity contribution in [1.82, 2.24) is 4.98 Å². The molecule has 0 aliphatic heterocycles. The van der Waals surface area contributed by atoms with Crippen molar-refractivity contribution in [2.24, 2.45) is 5.92 Å². The lowest BCUT2D eigenvalue weighted by Gasteiger charge is -2.08. The fourth-order valence-corrected chi connectivity index (χ4v) is 1.37. The first-order valence-corrected chi connectivity index (χ1v) is 5.19. The van der Waals surface area contributed by atoms with Crippen molar-refractivity contribution in [2.45, 2.75) is 27.2 Å². The highest BCUT2D eigenvalue weighted by molar-refractivity contribution is 5.42. The van der Waals surface area contributed by atoms with Crippen molar-refractivity contribution >= 4 is 0 Å². The van der Waals surface area contributed by atoms with Crippen LogP contribution in [-0.2, 0) is 6.42 Å². The Labute approximate surface area is 90.7 Å². The van der Waals surface area contributed by atoms with Gasteiger partial charge >= 0.3 is 0 Å². The van der Waals surface area contributed by atoms with Crippen LogP contribution in [0.3, 0.4) is 0 Å². The molecule has 0 amide bonds. The molecule has 0 saturated heterocycles. The molecule has 1 heterocycles. The number of ether oxygens (including phenoxy) is 1. The van der Waals surface area contributed by atoms with Crippen LogP contribution in [0.25, 0.3) is 0 Å². The van der Waals surface area contributed by atoms with Gasteiger partial charge in [0.2, 0.25) is 0 Å². The van der Waals surface area contributed by atoms with Gasteiger partial charge in [-0.1, -0.05) is 13.8 Å². The van der Waals surface area contributed by atoms with E-state index in [0.29, 0.717) is 23.8 Å². The Morgan fingerprint density at radius 1 is 1.53 bits per heavy atom. The highest BCUT2D eigenvalue weighted by Gasteiger charge is 2.06. The van der Waals surface area contributed by atoms with E-state index in [0.717, 1.165) is 12.1 Å². The molecule has 0 radical (unpaired) electrons. The van der Waals surface area contributed by atoms with Gasteiger partial charge in [-0.25, -0.2) is 0 Å². The largest absolute Gasteiger partial charge is 0.491 e. The fourth-order valence-electron chi connectivity index (χ4n) is 1.37. The molecular formula is C12H16N2O. The van der Waals surface area contributed by atoms with Crippen LogP contribution in [0, 0.1) is 17.2 Å². The SMILES string of the molecule is CCOc1cnc(CC(C)C)cc1C#N. The standard InChI is InChI=1S/C12H16N2O/c1-4-15-12-8-14-11(5-9(2)3)6-10(12)7-13/h6,8-9H,4-5H2,1-3H3. The number of hydrogen-bond donors (Lipinski definition) is 0. The molecule has 0 aliphatic rings. The summed E-state index contributed by atoms with van der Waals surface area (Å²) in [4.78, 5) is 4.27. The molecule has 80 valence electrons. The van der Waals surface area contributed by atoms with Gasteiger partial charge in [-0.15, -0.1) is 0 Å². The van der Waals surface area contributed by atoms with Gasteiger partial charge < -0.3 is 4.74 Å². The molecule has 15 heavy (non-hydrogen) atoms. The maximum atomic E-state index is 8.95. The lowest BCUT2D eigenvalue weighted by atomic mass is 10.1. The summed E-state index contributed by atoms with van der Waals surface area (Å²) in [7, 11) is 0. The first-order chi connectivity index (χ1) is 7.17. The lowest BCUT2D eigenvalue weighted by Crippen LogP contribution is -2.01. The molecule has 1 rings (SSSR count). The van der Waals surface area contributed by atoms with Crippen LogP contribution in [0.5, 0.6) is 5.75 Å². The Morgan fingerprint density at radius 3 is 2.80 bits per heavy atom. The third-order valence-corrected chi connectivity index (χ3v) is 1.96. The van der Waals surface area contributed by atoms with E-state index in [1.165, 1.54) is 0 Å². The normalized spacial score (nSPS) is 10.1. The second-order valence-electron chi connectivity index (χ2n) is 3.81. The van der Waals surface area contributed by atoms with Crippen LogP contribution in [0.4, 0.5) is 0 Å². The number of rotatable bonds is 4. The molecule has 0 bridgehead atoms. The van der Waals surface area contributed by atoms with E-state index in [1.807, 2.05) is 13.0 Å².